The molecule has 0 saturated heterocycles. The molecule has 9 rings (SSSR count). The molecule has 0 bridgehead atoms. The van der Waals surface area contributed by atoms with Crippen molar-refractivity contribution in [3.8, 4) is 27.9 Å². The van der Waals surface area contributed by atoms with Crippen LogP contribution in [-0.4, -0.2) is 4.57 Å². The Labute approximate surface area is 318 Å². The van der Waals surface area contributed by atoms with Crippen LogP contribution in [0.2, 0.25) is 0 Å². The number of nitrogens with zero attached hydrogens (tertiary/aromatic N) is 2. The zero-order valence-corrected chi connectivity index (χ0v) is 31.0. The summed E-state index contributed by atoms with van der Waals surface area (Å²) in [5, 5.41) is 2.47. The summed E-state index contributed by atoms with van der Waals surface area (Å²) in [6.07, 6.45) is 6.40. The van der Waals surface area contributed by atoms with Gasteiger partial charge in [-0.25, -0.2) is 0 Å². The summed E-state index contributed by atoms with van der Waals surface area (Å²) < 4.78 is 2.40. The maximum Gasteiger partial charge on any atom is 0.0561 e. The van der Waals surface area contributed by atoms with E-state index in [9.17, 15) is 0 Å². The molecule has 8 aromatic rings. The topological polar surface area (TPSA) is 8.17 Å². The molecule has 1 heterocycles. The van der Waals surface area contributed by atoms with Crippen LogP contribution in [0.25, 0.3) is 55.3 Å². The van der Waals surface area contributed by atoms with Crippen molar-refractivity contribution in [2.75, 3.05) is 4.90 Å². The minimum Gasteiger partial charge on any atom is -0.310 e. The van der Waals surface area contributed by atoms with E-state index in [0.29, 0.717) is 0 Å². The summed E-state index contributed by atoms with van der Waals surface area (Å²) in [7, 11) is 0. The van der Waals surface area contributed by atoms with Crippen LogP contribution in [0.15, 0.2) is 200 Å². The summed E-state index contributed by atoms with van der Waals surface area (Å²) in [6.45, 7) is 11.0. The van der Waals surface area contributed by atoms with Gasteiger partial charge in [0.15, 0.2) is 0 Å². The summed E-state index contributed by atoms with van der Waals surface area (Å²) >= 11 is 0. The maximum absolute atomic E-state index is 4.27. The highest BCUT2D eigenvalue weighted by molar-refractivity contribution is 6.10. The van der Waals surface area contributed by atoms with E-state index in [1.165, 1.54) is 60.8 Å². The molecular weight excluding hydrogens is 653 g/mol. The Kier molecular flexibility index (Phi) is 8.24. The molecule has 2 nitrogen and oxygen atoms in total. The number of hydrogen-bond donors (Lipinski definition) is 0. The maximum atomic E-state index is 4.27. The fourth-order valence-corrected chi connectivity index (χ4v) is 8.53. The third-order valence-electron chi connectivity index (χ3n) is 11.1. The molecule has 0 N–H and O–H groups in total. The number of rotatable bonds is 8. The van der Waals surface area contributed by atoms with Gasteiger partial charge in [0.1, 0.15) is 0 Å². The van der Waals surface area contributed by atoms with Crippen molar-refractivity contribution in [1.29, 1.82) is 0 Å². The predicted molar refractivity (Wildman–Crippen MR) is 231 cm³/mol. The lowest BCUT2D eigenvalue weighted by atomic mass is 9.81. The third-order valence-corrected chi connectivity index (χ3v) is 11.1. The summed E-state index contributed by atoms with van der Waals surface area (Å²) in [5.74, 6) is 0. The lowest BCUT2D eigenvalue weighted by molar-refractivity contribution is 0.654. The summed E-state index contributed by atoms with van der Waals surface area (Å²) in [6, 6.07) is 61.8. The Bertz CT molecular complexity index is 2750. The molecule has 54 heavy (non-hydrogen) atoms. The molecule has 1 aliphatic rings. The van der Waals surface area contributed by atoms with Gasteiger partial charge in [-0.3, -0.25) is 0 Å². The lowest BCUT2D eigenvalue weighted by Crippen LogP contribution is -2.18. The molecule has 7 aromatic carbocycles. The molecule has 1 aromatic heterocycles. The van der Waals surface area contributed by atoms with E-state index < -0.39 is 0 Å². The SMILES string of the molecule is C=CC1=C(/C=C\C)c2ccc(N(c3ccc4c5ccccc5n(-c5ccccc5)c4c3)c3cc(-c4ccccc4)ccc3-c3ccccc3)cc2C1(C)C. The first-order chi connectivity index (χ1) is 26.5. The van der Waals surface area contributed by atoms with E-state index in [0.717, 1.165) is 28.3 Å². The first kappa shape index (κ1) is 33.2. The molecule has 0 radical (unpaired) electrons. The molecule has 0 amide bonds. The second-order valence-electron chi connectivity index (χ2n) is 14.6. The average molecular weight is 695 g/mol. The van der Waals surface area contributed by atoms with Gasteiger partial charge in [-0.2, -0.15) is 0 Å². The standard InChI is InChI=1S/C52H42N2/c1-5-18-43-44-31-28-40(34-48(44)52(3,4)47(43)6-2)53(50-33-38(36-19-10-7-11-20-36)27-30-42(50)37-21-12-8-13-22-37)41-29-32-46-45-25-16-17-26-49(45)54(51(46)35-41)39-23-14-9-15-24-39/h5-35H,2H2,1,3-4H3/b18-5-. The van der Waals surface area contributed by atoms with Gasteiger partial charge in [-0.1, -0.05) is 160 Å². The fourth-order valence-electron chi connectivity index (χ4n) is 8.53. The summed E-state index contributed by atoms with van der Waals surface area (Å²) in [5.41, 5.74) is 16.3. The first-order valence-electron chi connectivity index (χ1n) is 18.8. The number of para-hydroxylation sites is 2. The van der Waals surface area contributed by atoms with Crippen molar-refractivity contribution in [2.24, 2.45) is 0 Å². The number of allylic oxidation sites excluding steroid dienone is 5. The van der Waals surface area contributed by atoms with E-state index in [2.05, 4.69) is 219 Å². The van der Waals surface area contributed by atoms with Crippen LogP contribution in [0.4, 0.5) is 17.1 Å². The van der Waals surface area contributed by atoms with E-state index in [-0.39, 0.29) is 5.41 Å². The Morgan fingerprint density at radius 1 is 0.556 bits per heavy atom. The molecule has 0 aliphatic heterocycles. The number of benzene rings is 7. The molecule has 0 spiro atoms. The lowest BCUT2D eigenvalue weighted by Gasteiger charge is -2.31. The highest BCUT2D eigenvalue weighted by Crippen LogP contribution is 2.51. The van der Waals surface area contributed by atoms with Gasteiger partial charge in [0.2, 0.25) is 0 Å². The van der Waals surface area contributed by atoms with Gasteiger partial charge in [0.05, 0.1) is 16.7 Å². The normalized spacial score (nSPS) is 13.5. The van der Waals surface area contributed by atoms with Gasteiger partial charge >= 0.3 is 0 Å². The third kappa shape index (κ3) is 5.42. The van der Waals surface area contributed by atoms with Crippen molar-refractivity contribution in [3.05, 3.63) is 211 Å². The van der Waals surface area contributed by atoms with Crippen LogP contribution in [-0.2, 0) is 5.41 Å². The Morgan fingerprint density at radius 2 is 1.17 bits per heavy atom. The van der Waals surface area contributed by atoms with Crippen LogP contribution in [0.1, 0.15) is 31.9 Å². The van der Waals surface area contributed by atoms with Crippen LogP contribution in [0.5, 0.6) is 0 Å². The number of anilines is 3. The second kappa shape index (κ2) is 13.4. The molecule has 0 atom stereocenters. The minimum atomic E-state index is -0.217. The first-order valence-corrected chi connectivity index (χ1v) is 18.8. The van der Waals surface area contributed by atoms with Gasteiger partial charge in [0.25, 0.3) is 0 Å². The molecule has 2 heteroatoms. The average Bonchev–Trinajstić information content (AvgIpc) is 3.66. The van der Waals surface area contributed by atoms with E-state index >= 15 is 0 Å². The molecule has 0 saturated carbocycles. The molecule has 0 fully saturated rings. The number of hydrogen-bond acceptors (Lipinski definition) is 1. The number of fused-ring (bicyclic) bond motifs is 4. The quantitative estimate of drug-likeness (QED) is 0.154. The van der Waals surface area contributed by atoms with Crippen LogP contribution in [0, 0.1) is 0 Å². The zero-order valence-electron chi connectivity index (χ0n) is 31.0. The van der Waals surface area contributed by atoms with Crippen molar-refractivity contribution in [3.63, 3.8) is 0 Å². The van der Waals surface area contributed by atoms with Crippen molar-refractivity contribution in [2.45, 2.75) is 26.2 Å². The highest BCUT2D eigenvalue weighted by atomic mass is 15.1. The zero-order chi connectivity index (χ0) is 36.8. The molecule has 1 aliphatic carbocycles. The Morgan fingerprint density at radius 3 is 1.89 bits per heavy atom. The van der Waals surface area contributed by atoms with Gasteiger partial charge in [-0.05, 0) is 94.4 Å². The minimum absolute atomic E-state index is 0.217. The predicted octanol–water partition coefficient (Wildman–Crippen LogP) is 14.4. The number of aromatic nitrogens is 1. The monoisotopic (exact) mass is 694 g/mol. The van der Waals surface area contributed by atoms with Gasteiger partial charge < -0.3 is 9.47 Å². The summed E-state index contributed by atoms with van der Waals surface area (Å²) in [4.78, 5) is 2.47. The van der Waals surface area contributed by atoms with Crippen molar-refractivity contribution < 1.29 is 0 Å². The van der Waals surface area contributed by atoms with E-state index in [1.807, 2.05) is 6.08 Å². The van der Waals surface area contributed by atoms with Crippen LogP contribution >= 0.6 is 0 Å². The van der Waals surface area contributed by atoms with E-state index in [1.54, 1.807) is 0 Å². The molecule has 260 valence electrons. The Balaban J connectivity index is 1.36. The van der Waals surface area contributed by atoms with E-state index in [4.69, 9.17) is 0 Å². The van der Waals surface area contributed by atoms with Crippen LogP contribution in [0.3, 0.4) is 0 Å². The Hall–Kier alpha value is -6.64. The van der Waals surface area contributed by atoms with Gasteiger partial charge in [0, 0.05) is 38.8 Å². The van der Waals surface area contributed by atoms with Crippen LogP contribution < -0.4 is 4.90 Å². The van der Waals surface area contributed by atoms with Gasteiger partial charge in [-0.15, -0.1) is 0 Å². The second-order valence-corrected chi connectivity index (χ2v) is 14.6. The smallest absolute Gasteiger partial charge is 0.0561 e. The van der Waals surface area contributed by atoms with Crippen molar-refractivity contribution in [1.82, 2.24) is 4.57 Å². The largest absolute Gasteiger partial charge is 0.310 e. The van der Waals surface area contributed by atoms with Crippen molar-refractivity contribution >= 4 is 44.4 Å². The highest BCUT2D eigenvalue weighted by Gasteiger charge is 2.36. The molecule has 0 unspecified atom stereocenters. The fraction of sp³-hybridized carbons (Fsp3) is 0.0769. The molecular formula is C52H42N2.